The Morgan fingerprint density at radius 3 is 2.92 bits per heavy atom. The minimum Gasteiger partial charge on any atom is -0.495 e. The number of aromatic nitrogens is 4. The molecule has 0 aliphatic heterocycles. The van der Waals surface area contributed by atoms with Crippen molar-refractivity contribution in [1.29, 1.82) is 0 Å². The number of methoxy groups -OCH3 is 1. The lowest BCUT2D eigenvalue weighted by molar-refractivity contribution is -0.115. The number of anilines is 1. The molecule has 1 aromatic carbocycles. The summed E-state index contributed by atoms with van der Waals surface area (Å²) in [5.41, 5.74) is 1.22. The van der Waals surface area contributed by atoms with E-state index in [1.165, 1.54) is 7.11 Å². The predicted octanol–water partition coefficient (Wildman–Crippen LogP) is 2.71. The van der Waals surface area contributed by atoms with Crippen molar-refractivity contribution in [2.45, 2.75) is 6.42 Å². The van der Waals surface area contributed by atoms with E-state index in [0.717, 1.165) is 0 Å². The Hall–Kier alpha value is -2.93. The van der Waals surface area contributed by atoms with Crippen LogP contribution in [-0.4, -0.2) is 33.2 Å². The van der Waals surface area contributed by atoms with E-state index in [1.807, 2.05) is 12.1 Å². The molecule has 0 aliphatic rings. The molecule has 0 saturated carbocycles. The quantitative estimate of drug-likeness (QED) is 0.743. The van der Waals surface area contributed by atoms with Gasteiger partial charge in [0.05, 0.1) is 18.6 Å². The van der Waals surface area contributed by atoms with Gasteiger partial charge in [0.2, 0.25) is 5.91 Å². The molecule has 0 unspecified atom stereocenters. The smallest absolute Gasteiger partial charge is 0.232 e. The number of aromatic amines is 1. The van der Waals surface area contributed by atoms with Crippen molar-refractivity contribution in [1.82, 2.24) is 20.2 Å². The number of hydrogen-bond acceptors (Lipinski definition) is 5. The van der Waals surface area contributed by atoms with Crippen molar-refractivity contribution in [2.75, 3.05) is 12.4 Å². The lowest BCUT2D eigenvalue weighted by atomic mass is 10.3. The predicted molar refractivity (Wildman–Crippen MR) is 90.0 cm³/mol. The van der Waals surface area contributed by atoms with Gasteiger partial charge in [-0.15, -0.1) is 0 Å². The summed E-state index contributed by atoms with van der Waals surface area (Å²) in [7, 11) is 1.53. The lowest BCUT2D eigenvalue weighted by Crippen LogP contribution is -2.15. The summed E-state index contributed by atoms with van der Waals surface area (Å²) >= 11 is 6.03. The first-order valence-electron chi connectivity index (χ1n) is 7.12. The number of benzene rings is 1. The van der Waals surface area contributed by atoms with Crippen molar-refractivity contribution < 1.29 is 9.53 Å². The highest BCUT2D eigenvalue weighted by molar-refractivity contribution is 6.32. The molecule has 2 heterocycles. The molecule has 2 N–H and O–H groups in total. The fourth-order valence-electron chi connectivity index (χ4n) is 2.09. The zero-order valence-electron chi connectivity index (χ0n) is 12.8. The van der Waals surface area contributed by atoms with E-state index in [4.69, 9.17) is 16.3 Å². The number of pyridine rings is 1. The van der Waals surface area contributed by atoms with Gasteiger partial charge in [-0.1, -0.05) is 17.7 Å². The van der Waals surface area contributed by atoms with Crippen LogP contribution in [0.25, 0.3) is 11.5 Å². The minimum absolute atomic E-state index is 0.0590. The highest BCUT2D eigenvalue weighted by atomic mass is 35.5. The first-order chi connectivity index (χ1) is 11.7. The maximum atomic E-state index is 12.1. The fourth-order valence-corrected chi connectivity index (χ4v) is 2.34. The van der Waals surface area contributed by atoms with Gasteiger partial charge in [0.15, 0.2) is 5.82 Å². The standard InChI is InChI=1S/C16H14ClN5O2/c1-24-13-6-5-10(8-11(13)17)19-15(23)9-14-20-16(22-21-14)12-4-2-3-7-18-12/h2-8H,9H2,1H3,(H,19,23)(H,20,21,22). The molecular formula is C16H14ClN5O2. The van der Waals surface area contributed by atoms with Gasteiger partial charge in [-0.3, -0.25) is 14.9 Å². The Morgan fingerprint density at radius 1 is 1.33 bits per heavy atom. The molecule has 0 spiro atoms. The van der Waals surface area contributed by atoms with Gasteiger partial charge in [-0.05, 0) is 30.3 Å². The molecule has 0 atom stereocenters. The summed E-state index contributed by atoms with van der Waals surface area (Å²) < 4.78 is 5.07. The number of amides is 1. The highest BCUT2D eigenvalue weighted by Crippen LogP contribution is 2.27. The summed E-state index contributed by atoms with van der Waals surface area (Å²) in [6.45, 7) is 0. The largest absolute Gasteiger partial charge is 0.495 e. The van der Waals surface area contributed by atoms with Crippen molar-refractivity contribution in [2.24, 2.45) is 0 Å². The van der Waals surface area contributed by atoms with Crippen LogP contribution in [0.1, 0.15) is 5.82 Å². The average molecular weight is 344 g/mol. The summed E-state index contributed by atoms with van der Waals surface area (Å²) in [6.07, 6.45) is 1.72. The average Bonchev–Trinajstić information content (AvgIpc) is 3.04. The van der Waals surface area contributed by atoms with Gasteiger partial charge in [0, 0.05) is 11.9 Å². The summed E-state index contributed by atoms with van der Waals surface area (Å²) in [6, 6.07) is 10.5. The van der Waals surface area contributed by atoms with Crippen molar-refractivity contribution in [3.63, 3.8) is 0 Å². The molecule has 3 rings (SSSR count). The van der Waals surface area contributed by atoms with Crippen LogP contribution in [0.4, 0.5) is 5.69 Å². The second-order valence-corrected chi connectivity index (χ2v) is 5.30. The molecule has 24 heavy (non-hydrogen) atoms. The Bertz CT molecular complexity index is 851. The lowest BCUT2D eigenvalue weighted by Gasteiger charge is -2.07. The third kappa shape index (κ3) is 3.69. The molecule has 0 fully saturated rings. The number of rotatable bonds is 5. The zero-order valence-corrected chi connectivity index (χ0v) is 13.5. The van der Waals surface area contributed by atoms with E-state index in [0.29, 0.717) is 33.8 Å². The highest BCUT2D eigenvalue weighted by Gasteiger charge is 2.11. The molecule has 8 heteroatoms. The van der Waals surface area contributed by atoms with E-state index in [9.17, 15) is 4.79 Å². The van der Waals surface area contributed by atoms with Crippen LogP contribution in [0.3, 0.4) is 0 Å². The molecule has 0 aliphatic carbocycles. The van der Waals surface area contributed by atoms with Crippen LogP contribution in [0.5, 0.6) is 5.75 Å². The molecule has 122 valence electrons. The molecule has 2 aromatic heterocycles. The number of nitrogens with one attached hydrogen (secondary N) is 2. The van der Waals surface area contributed by atoms with E-state index < -0.39 is 0 Å². The van der Waals surface area contributed by atoms with E-state index in [-0.39, 0.29) is 12.3 Å². The monoisotopic (exact) mass is 343 g/mol. The van der Waals surface area contributed by atoms with Gasteiger partial charge >= 0.3 is 0 Å². The molecule has 0 bridgehead atoms. The zero-order chi connectivity index (χ0) is 16.9. The van der Waals surface area contributed by atoms with Gasteiger partial charge < -0.3 is 10.1 Å². The van der Waals surface area contributed by atoms with Crippen LogP contribution >= 0.6 is 11.6 Å². The molecule has 1 amide bonds. The maximum Gasteiger partial charge on any atom is 0.232 e. The molecule has 0 radical (unpaired) electrons. The van der Waals surface area contributed by atoms with Gasteiger partial charge in [-0.25, -0.2) is 4.98 Å². The molecule has 0 saturated heterocycles. The summed E-state index contributed by atoms with van der Waals surface area (Å²) in [4.78, 5) is 20.5. The van der Waals surface area contributed by atoms with Crippen molar-refractivity contribution in [3.05, 3.63) is 53.4 Å². The summed E-state index contributed by atoms with van der Waals surface area (Å²) in [5, 5.41) is 9.98. The van der Waals surface area contributed by atoms with E-state index >= 15 is 0 Å². The fraction of sp³-hybridized carbons (Fsp3) is 0.125. The second-order valence-electron chi connectivity index (χ2n) is 4.89. The van der Waals surface area contributed by atoms with Gasteiger partial charge in [0.25, 0.3) is 0 Å². The summed E-state index contributed by atoms with van der Waals surface area (Å²) in [5.74, 6) is 1.21. The topological polar surface area (TPSA) is 92.8 Å². The number of halogens is 1. The number of hydrogen-bond donors (Lipinski definition) is 2. The van der Waals surface area contributed by atoms with Gasteiger partial charge in [-0.2, -0.15) is 5.10 Å². The number of carbonyl (C=O) groups excluding carboxylic acids is 1. The Morgan fingerprint density at radius 2 is 2.21 bits per heavy atom. The normalized spacial score (nSPS) is 10.4. The second kappa shape index (κ2) is 7.10. The SMILES string of the molecule is COc1ccc(NC(=O)Cc2nc(-c3ccccn3)n[nH]2)cc1Cl. The minimum atomic E-state index is -0.236. The number of nitrogens with zero attached hydrogens (tertiary/aromatic N) is 3. The number of carbonyl (C=O) groups is 1. The van der Waals surface area contributed by atoms with Gasteiger partial charge in [0.1, 0.15) is 17.3 Å². The first kappa shape index (κ1) is 15.9. The van der Waals surface area contributed by atoms with E-state index in [2.05, 4.69) is 25.5 Å². The Kier molecular flexibility index (Phi) is 4.72. The third-order valence-electron chi connectivity index (χ3n) is 3.19. The number of H-pyrrole nitrogens is 1. The van der Waals surface area contributed by atoms with E-state index in [1.54, 1.807) is 30.5 Å². The van der Waals surface area contributed by atoms with Crippen molar-refractivity contribution in [3.8, 4) is 17.3 Å². The third-order valence-corrected chi connectivity index (χ3v) is 3.48. The first-order valence-corrected chi connectivity index (χ1v) is 7.49. The maximum absolute atomic E-state index is 12.1. The Labute approximate surface area is 143 Å². The van der Waals surface area contributed by atoms with Crippen LogP contribution in [0, 0.1) is 0 Å². The van der Waals surface area contributed by atoms with Crippen LogP contribution in [0.2, 0.25) is 5.02 Å². The van der Waals surface area contributed by atoms with Crippen molar-refractivity contribution >= 4 is 23.2 Å². The Balaban J connectivity index is 1.65. The van der Waals surface area contributed by atoms with Crippen LogP contribution in [-0.2, 0) is 11.2 Å². The van der Waals surface area contributed by atoms with Crippen LogP contribution < -0.4 is 10.1 Å². The molecule has 7 nitrogen and oxygen atoms in total. The molecule has 3 aromatic rings. The molecular weight excluding hydrogens is 330 g/mol. The number of ether oxygens (including phenoxy) is 1. The van der Waals surface area contributed by atoms with Crippen LogP contribution in [0.15, 0.2) is 42.6 Å².